The van der Waals surface area contributed by atoms with E-state index in [0.717, 1.165) is 22.1 Å². The maximum absolute atomic E-state index is 12.2. The lowest BCUT2D eigenvalue weighted by Gasteiger charge is -2.02. The Morgan fingerprint density at radius 2 is 1.77 bits per heavy atom. The van der Waals surface area contributed by atoms with E-state index < -0.39 is 5.91 Å². The third-order valence-corrected chi connectivity index (χ3v) is 4.23. The molecule has 4 aromatic rings. The highest BCUT2D eigenvalue weighted by atomic mass is 16.4. The molecule has 0 spiro atoms. The van der Waals surface area contributed by atoms with E-state index in [4.69, 9.17) is 8.83 Å². The zero-order valence-electron chi connectivity index (χ0n) is 14.4. The quantitative estimate of drug-likeness (QED) is 0.603. The van der Waals surface area contributed by atoms with Crippen LogP contribution in [0.25, 0.3) is 22.6 Å². The molecule has 2 aromatic heterocycles. The van der Waals surface area contributed by atoms with Crippen molar-refractivity contribution in [3.05, 3.63) is 71.1 Å². The number of nitrogens with zero attached hydrogens (tertiary/aromatic N) is 2. The summed E-state index contributed by atoms with van der Waals surface area (Å²) in [4.78, 5) is 12.2. The second-order valence-corrected chi connectivity index (χ2v) is 6.13. The van der Waals surface area contributed by atoms with Crippen LogP contribution in [0.4, 0.5) is 0 Å². The fraction of sp³-hybridized carbons (Fsp3) is 0.150. The summed E-state index contributed by atoms with van der Waals surface area (Å²) >= 11 is 0. The predicted octanol–water partition coefficient (Wildman–Crippen LogP) is 4.03. The van der Waals surface area contributed by atoms with Crippen LogP contribution >= 0.6 is 0 Å². The van der Waals surface area contributed by atoms with E-state index in [0.29, 0.717) is 12.3 Å². The number of para-hydroxylation sites is 1. The third-order valence-electron chi connectivity index (χ3n) is 4.23. The molecule has 2 aromatic carbocycles. The van der Waals surface area contributed by atoms with E-state index in [1.54, 1.807) is 0 Å². The van der Waals surface area contributed by atoms with Gasteiger partial charge in [0.25, 0.3) is 5.89 Å². The summed E-state index contributed by atoms with van der Waals surface area (Å²) in [5.41, 5.74) is 3.80. The Bertz CT molecular complexity index is 1080. The number of rotatable bonds is 4. The highest BCUT2D eigenvalue weighted by Crippen LogP contribution is 2.31. The molecule has 0 atom stereocenters. The summed E-state index contributed by atoms with van der Waals surface area (Å²) in [6, 6.07) is 15.6. The maximum atomic E-state index is 12.2. The van der Waals surface area contributed by atoms with Gasteiger partial charge in [0.1, 0.15) is 5.58 Å². The number of furan rings is 1. The molecule has 1 amide bonds. The summed E-state index contributed by atoms with van der Waals surface area (Å²) < 4.78 is 11.3. The van der Waals surface area contributed by atoms with Crippen LogP contribution in [-0.2, 0) is 6.54 Å². The topological polar surface area (TPSA) is 81.2 Å². The summed E-state index contributed by atoms with van der Waals surface area (Å²) in [7, 11) is 0. The maximum Gasteiger partial charge on any atom is 0.309 e. The Hall–Kier alpha value is -3.41. The first-order chi connectivity index (χ1) is 12.6. The molecule has 0 unspecified atom stereocenters. The van der Waals surface area contributed by atoms with Crippen molar-refractivity contribution in [2.75, 3.05) is 0 Å². The van der Waals surface area contributed by atoms with E-state index in [1.165, 1.54) is 5.56 Å². The number of amides is 1. The van der Waals surface area contributed by atoms with Crippen molar-refractivity contribution in [2.45, 2.75) is 20.4 Å². The molecule has 0 saturated heterocycles. The first-order valence-corrected chi connectivity index (χ1v) is 8.27. The normalized spacial score (nSPS) is 11.0. The zero-order chi connectivity index (χ0) is 18.1. The molecule has 0 radical (unpaired) electrons. The number of carbonyl (C=O) groups excluding carboxylic acids is 1. The molecule has 130 valence electrons. The van der Waals surface area contributed by atoms with Gasteiger partial charge >= 0.3 is 11.8 Å². The fourth-order valence-corrected chi connectivity index (χ4v) is 2.75. The Morgan fingerprint density at radius 3 is 2.54 bits per heavy atom. The standard InChI is InChI=1S/C20H17N3O3/c1-12-7-9-14(10-8-12)11-21-18(24)20-23-22-19(26-20)17-13(2)15-5-3-4-6-16(15)25-17/h3-10H,11H2,1-2H3,(H,21,24). The number of nitrogens with one attached hydrogen (secondary N) is 1. The first-order valence-electron chi connectivity index (χ1n) is 8.27. The van der Waals surface area contributed by atoms with Crippen LogP contribution in [0.3, 0.4) is 0 Å². The number of aryl methyl sites for hydroxylation is 2. The van der Waals surface area contributed by atoms with Gasteiger partial charge in [-0.3, -0.25) is 4.79 Å². The van der Waals surface area contributed by atoms with Crippen LogP contribution in [0.2, 0.25) is 0 Å². The van der Waals surface area contributed by atoms with E-state index >= 15 is 0 Å². The lowest BCUT2D eigenvalue weighted by Crippen LogP contribution is -2.23. The monoisotopic (exact) mass is 347 g/mol. The number of hydrogen-bond donors (Lipinski definition) is 1. The van der Waals surface area contributed by atoms with Gasteiger partial charge in [0.15, 0.2) is 5.76 Å². The second-order valence-electron chi connectivity index (χ2n) is 6.13. The summed E-state index contributed by atoms with van der Waals surface area (Å²) in [5, 5.41) is 11.6. The Kier molecular flexibility index (Phi) is 4.01. The molecule has 6 nitrogen and oxygen atoms in total. The van der Waals surface area contributed by atoms with Gasteiger partial charge in [-0.05, 0) is 25.5 Å². The molecule has 0 aliphatic rings. The van der Waals surface area contributed by atoms with E-state index in [1.807, 2.05) is 62.4 Å². The first kappa shape index (κ1) is 16.1. The molecule has 6 heteroatoms. The molecule has 4 rings (SSSR count). The van der Waals surface area contributed by atoms with Crippen molar-refractivity contribution in [1.29, 1.82) is 0 Å². The highest BCUT2D eigenvalue weighted by molar-refractivity contribution is 5.90. The van der Waals surface area contributed by atoms with Crippen molar-refractivity contribution < 1.29 is 13.6 Å². The van der Waals surface area contributed by atoms with Gasteiger partial charge in [-0.15, -0.1) is 10.2 Å². The van der Waals surface area contributed by atoms with Crippen LogP contribution in [0.5, 0.6) is 0 Å². The van der Waals surface area contributed by atoms with Gasteiger partial charge in [0, 0.05) is 17.5 Å². The molecule has 0 fully saturated rings. The minimum atomic E-state index is -0.418. The Labute approximate surface area is 149 Å². The van der Waals surface area contributed by atoms with Gasteiger partial charge in [-0.25, -0.2) is 0 Å². The van der Waals surface area contributed by atoms with Gasteiger partial charge in [-0.2, -0.15) is 0 Å². The predicted molar refractivity (Wildman–Crippen MR) is 96.6 cm³/mol. The van der Waals surface area contributed by atoms with E-state index in [-0.39, 0.29) is 11.8 Å². The molecule has 2 heterocycles. The van der Waals surface area contributed by atoms with Crippen molar-refractivity contribution in [3.8, 4) is 11.7 Å². The lowest BCUT2D eigenvalue weighted by molar-refractivity contribution is 0.0916. The number of benzene rings is 2. The molecule has 26 heavy (non-hydrogen) atoms. The summed E-state index contributed by atoms with van der Waals surface area (Å²) in [5.74, 6) is 0.167. The molecule has 1 N–H and O–H groups in total. The van der Waals surface area contributed by atoms with Crippen molar-refractivity contribution in [2.24, 2.45) is 0 Å². The molecular formula is C20H17N3O3. The van der Waals surface area contributed by atoms with E-state index in [9.17, 15) is 4.79 Å². The molecular weight excluding hydrogens is 330 g/mol. The average molecular weight is 347 g/mol. The zero-order valence-corrected chi connectivity index (χ0v) is 14.4. The van der Waals surface area contributed by atoms with Crippen LogP contribution in [0, 0.1) is 13.8 Å². The number of hydrogen-bond acceptors (Lipinski definition) is 5. The number of carbonyl (C=O) groups is 1. The van der Waals surface area contributed by atoms with Crippen molar-refractivity contribution in [3.63, 3.8) is 0 Å². The summed E-state index contributed by atoms with van der Waals surface area (Å²) in [6.45, 7) is 4.32. The van der Waals surface area contributed by atoms with Crippen LogP contribution in [-0.4, -0.2) is 16.1 Å². The molecule has 0 bridgehead atoms. The molecule has 0 aliphatic heterocycles. The molecule has 0 saturated carbocycles. The van der Waals surface area contributed by atoms with Gasteiger partial charge in [-0.1, -0.05) is 48.0 Å². The highest BCUT2D eigenvalue weighted by Gasteiger charge is 2.20. The average Bonchev–Trinajstić information content (AvgIpc) is 3.26. The number of fused-ring (bicyclic) bond motifs is 1. The lowest BCUT2D eigenvalue weighted by atomic mass is 10.1. The van der Waals surface area contributed by atoms with Crippen LogP contribution in [0.1, 0.15) is 27.4 Å². The van der Waals surface area contributed by atoms with Gasteiger partial charge in [0.2, 0.25) is 0 Å². The minimum absolute atomic E-state index is 0.0908. The van der Waals surface area contributed by atoms with Crippen LogP contribution in [0.15, 0.2) is 57.4 Å². The van der Waals surface area contributed by atoms with Crippen molar-refractivity contribution in [1.82, 2.24) is 15.5 Å². The minimum Gasteiger partial charge on any atom is -0.451 e. The smallest absolute Gasteiger partial charge is 0.309 e. The van der Waals surface area contributed by atoms with Crippen LogP contribution < -0.4 is 5.32 Å². The van der Waals surface area contributed by atoms with Crippen molar-refractivity contribution >= 4 is 16.9 Å². The second kappa shape index (κ2) is 6.48. The Morgan fingerprint density at radius 1 is 1.00 bits per heavy atom. The third kappa shape index (κ3) is 2.97. The van der Waals surface area contributed by atoms with Gasteiger partial charge < -0.3 is 14.2 Å². The summed E-state index contributed by atoms with van der Waals surface area (Å²) in [6.07, 6.45) is 0. The Balaban J connectivity index is 1.52. The number of aromatic nitrogens is 2. The van der Waals surface area contributed by atoms with E-state index in [2.05, 4.69) is 15.5 Å². The fourth-order valence-electron chi connectivity index (χ4n) is 2.75. The largest absolute Gasteiger partial charge is 0.451 e. The molecule has 0 aliphatic carbocycles. The van der Waals surface area contributed by atoms with Gasteiger partial charge in [0.05, 0.1) is 0 Å². The SMILES string of the molecule is Cc1ccc(CNC(=O)c2nnc(-c3oc4ccccc4c3C)o2)cc1.